The molecule has 2 aromatic rings. The van der Waals surface area contributed by atoms with E-state index in [-0.39, 0.29) is 16.5 Å². The molecule has 1 aromatic carbocycles. The molecule has 0 amide bonds. The normalized spacial score (nSPS) is 38.8. The fraction of sp³-hybridized carbons (Fsp3) is 0.533. The third-order valence-electron chi connectivity index (χ3n) is 9.85. The number of allylic oxidation sites excluding steroid dienone is 2. The van der Waals surface area contributed by atoms with Crippen LogP contribution in [0.1, 0.15) is 64.1 Å². The maximum atomic E-state index is 5.87. The summed E-state index contributed by atoms with van der Waals surface area (Å²) in [6.07, 6.45) is 10.6. The van der Waals surface area contributed by atoms with Crippen molar-refractivity contribution in [2.24, 2.45) is 28.2 Å². The number of hydrogen-bond acceptors (Lipinski definition) is 3. The lowest BCUT2D eigenvalue weighted by Gasteiger charge is -2.65. The van der Waals surface area contributed by atoms with Crippen LogP contribution in [0.4, 0.5) is 0 Å². The molecular weight excluding hydrogens is 402 g/mol. The molecule has 2 saturated carbocycles. The van der Waals surface area contributed by atoms with Gasteiger partial charge in [-0.2, -0.15) is 0 Å². The van der Waals surface area contributed by atoms with Crippen LogP contribution in [0, 0.1) is 23.2 Å². The third-order valence-corrected chi connectivity index (χ3v) is 9.85. The Balaban J connectivity index is 1.64. The van der Waals surface area contributed by atoms with Crippen LogP contribution >= 0.6 is 0 Å². The molecule has 0 N–H and O–H groups in total. The largest absolute Gasteiger partial charge is 0.297 e. The number of aromatic nitrogens is 1. The molecule has 7 rings (SSSR count). The van der Waals surface area contributed by atoms with Crippen molar-refractivity contribution in [3.63, 3.8) is 0 Å². The fourth-order valence-corrected chi connectivity index (χ4v) is 8.77. The minimum absolute atomic E-state index is 0.102. The molecule has 4 heterocycles. The minimum atomic E-state index is -0.260. The highest BCUT2D eigenvalue weighted by Gasteiger charge is 2.80. The number of benzene rings is 1. The van der Waals surface area contributed by atoms with Gasteiger partial charge in [-0.25, -0.2) is 0 Å². The molecule has 2 aliphatic carbocycles. The Hall–Kier alpha value is -2.26. The average molecular weight is 440 g/mol. The first-order valence-corrected chi connectivity index (χ1v) is 12.9. The predicted octanol–water partition coefficient (Wildman–Crippen LogP) is 6.26. The van der Waals surface area contributed by atoms with E-state index in [2.05, 4.69) is 87.3 Å². The van der Waals surface area contributed by atoms with Gasteiger partial charge in [0.15, 0.2) is 0 Å². The highest BCUT2D eigenvalue weighted by molar-refractivity contribution is 6.05. The van der Waals surface area contributed by atoms with Crippen LogP contribution in [0.2, 0.25) is 0 Å². The molecule has 1 saturated heterocycles. The molecule has 3 heteroatoms. The van der Waals surface area contributed by atoms with Gasteiger partial charge in [0, 0.05) is 30.3 Å². The van der Waals surface area contributed by atoms with E-state index in [1.807, 2.05) is 6.20 Å². The van der Waals surface area contributed by atoms with Crippen molar-refractivity contribution >= 4 is 5.71 Å². The topological polar surface area (TPSA) is 28.5 Å². The first-order chi connectivity index (χ1) is 15.9. The molecule has 5 aliphatic rings. The molecule has 3 fully saturated rings. The predicted molar refractivity (Wildman–Crippen MR) is 135 cm³/mol. The van der Waals surface area contributed by atoms with E-state index in [0.717, 1.165) is 13.0 Å². The zero-order valence-electron chi connectivity index (χ0n) is 20.6. The monoisotopic (exact) mass is 439 g/mol. The number of nitrogens with zero attached hydrogens (tertiary/aromatic N) is 3. The van der Waals surface area contributed by atoms with E-state index in [1.54, 1.807) is 0 Å². The van der Waals surface area contributed by atoms with Gasteiger partial charge in [-0.05, 0) is 75.6 Å². The van der Waals surface area contributed by atoms with Gasteiger partial charge >= 0.3 is 0 Å². The van der Waals surface area contributed by atoms with Crippen molar-refractivity contribution in [3.8, 4) is 0 Å². The number of likely N-dealkylation sites (N-methyl/N-ethyl adjacent to an activating group) is 1. The van der Waals surface area contributed by atoms with Crippen LogP contribution in [0.15, 0.2) is 71.4 Å². The van der Waals surface area contributed by atoms with E-state index in [0.29, 0.717) is 17.8 Å². The molecule has 4 bridgehead atoms. The summed E-state index contributed by atoms with van der Waals surface area (Å²) in [6.45, 7) is 8.19. The molecule has 1 spiro atoms. The van der Waals surface area contributed by atoms with Gasteiger partial charge in [0.25, 0.3) is 0 Å². The number of hydrogen-bond donors (Lipinski definition) is 0. The summed E-state index contributed by atoms with van der Waals surface area (Å²) < 4.78 is 0. The second-order valence-corrected chi connectivity index (χ2v) is 11.5. The first kappa shape index (κ1) is 21.3. The van der Waals surface area contributed by atoms with Crippen molar-refractivity contribution < 1.29 is 0 Å². The summed E-state index contributed by atoms with van der Waals surface area (Å²) >= 11 is 0. The summed E-state index contributed by atoms with van der Waals surface area (Å²) in [5.74, 6) is 1.63. The van der Waals surface area contributed by atoms with E-state index in [1.165, 1.54) is 48.2 Å². The van der Waals surface area contributed by atoms with Crippen molar-refractivity contribution in [2.45, 2.75) is 64.0 Å². The summed E-state index contributed by atoms with van der Waals surface area (Å²) in [5, 5.41) is 0. The summed E-state index contributed by atoms with van der Waals surface area (Å²) in [6, 6.07) is 17.6. The van der Waals surface area contributed by atoms with Gasteiger partial charge in [-0.3, -0.25) is 14.9 Å². The second-order valence-electron chi connectivity index (χ2n) is 11.5. The molecule has 172 valence electrons. The summed E-state index contributed by atoms with van der Waals surface area (Å²) in [7, 11) is 2.39. The van der Waals surface area contributed by atoms with Crippen molar-refractivity contribution in [1.82, 2.24) is 9.88 Å². The van der Waals surface area contributed by atoms with Crippen LogP contribution < -0.4 is 0 Å². The lowest BCUT2D eigenvalue weighted by atomic mass is 9.42. The lowest BCUT2D eigenvalue weighted by Crippen LogP contribution is -2.71. The standard InChI is InChI=1S/C30H37N3/c1-21(2)12-10-17-28(3)24-20-33(4)29-18-11-15-23(29)26(28)27(22-13-6-5-7-14-22)32-30(24,29)25-16-8-9-19-31-25/h5-9,12-14,16,19,23-24,26H,10-11,15,17-18,20H2,1-4H3. The Morgan fingerprint density at radius 2 is 1.91 bits per heavy atom. The van der Waals surface area contributed by atoms with E-state index in [9.17, 15) is 0 Å². The maximum Gasteiger partial charge on any atom is 0.126 e. The van der Waals surface area contributed by atoms with Gasteiger partial charge in [-0.1, -0.05) is 61.4 Å². The zero-order valence-corrected chi connectivity index (χ0v) is 20.6. The quantitative estimate of drug-likeness (QED) is 0.514. The van der Waals surface area contributed by atoms with Gasteiger partial charge in [-0.15, -0.1) is 0 Å². The molecule has 6 atom stereocenters. The van der Waals surface area contributed by atoms with Gasteiger partial charge < -0.3 is 0 Å². The van der Waals surface area contributed by atoms with Gasteiger partial charge in [0.05, 0.1) is 11.2 Å². The molecule has 33 heavy (non-hydrogen) atoms. The fourth-order valence-electron chi connectivity index (χ4n) is 8.77. The Bertz CT molecular complexity index is 1100. The number of rotatable bonds is 5. The van der Waals surface area contributed by atoms with Crippen molar-refractivity contribution in [2.75, 3.05) is 13.6 Å². The van der Waals surface area contributed by atoms with Gasteiger partial charge in [0.1, 0.15) is 5.54 Å². The van der Waals surface area contributed by atoms with E-state index >= 15 is 0 Å². The summed E-state index contributed by atoms with van der Waals surface area (Å²) in [5.41, 5.74) is 5.34. The Labute approximate surface area is 199 Å². The second kappa shape index (κ2) is 7.37. The van der Waals surface area contributed by atoms with Crippen molar-refractivity contribution in [1.29, 1.82) is 0 Å². The number of likely N-dealkylation sites (tertiary alicyclic amines) is 1. The maximum absolute atomic E-state index is 5.87. The Kier molecular flexibility index (Phi) is 4.75. The smallest absolute Gasteiger partial charge is 0.126 e. The highest BCUT2D eigenvalue weighted by atomic mass is 15.3. The molecule has 3 nitrogen and oxygen atoms in total. The average Bonchev–Trinajstić information content (AvgIpc) is 3.37. The molecule has 6 unspecified atom stereocenters. The van der Waals surface area contributed by atoms with Crippen LogP contribution in [0.3, 0.4) is 0 Å². The van der Waals surface area contributed by atoms with Crippen LogP contribution in [-0.4, -0.2) is 34.7 Å². The van der Waals surface area contributed by atoms with Gasteiger partial charge in [0.2, 0.25) is 0 Å². The van der Waals surface area contributed by atoms with E-state index < -0.39 is 0 Å². The third kappa shape index (κ3) is 2.60. The molecule has 0 radical (unpaired) electrons. The molecule has 3 aliphatic heterocycles. The van der Waals surface area contributed by atoms with E-state index in [4.69, 9.17) is 9.98 Å². The zero-order chi connectivity index (χ0) is 22.8. The van der Waals surface area contributed by atoms with Crippen LogP contribution in [0.5, 0.6) is 0 Å². The molecular formula is C30H37N3. The highest BCUT2D eigenvalue weighted by Crippen LogP contribution is 2.75. The number of aliphatic imine (C=N–C) groups is 1. The van der Waals surface area contributed by atoms with Crippen molar-refractivity contribution in [3.05, 3.63) is 77.6 Å². The Morgan fingerprint density at radius 1 is 1.12 bits per heavy atom. The minimum Gasteiger partial charge on any atom is -0.297 e. The van der Waals surface area contributed by atoms with Crippen LogP contribution in [0.25, 0.3) is 0 Å². The summed E-state index contributed by atoms with van der Waals surface area (Å²) in [4.78, 5) is 13.7. The van der Waals surface area contributed by atoms with Crippen LogP contribution in [-0.2, 0) is 5.54 Å². The molecule has 1 aromatic heterocycles. The lowest BCUT2D eigenvalue weighted by molar-refractivity contribution is -0.0794. The number of pyridine rings is 1. The first-order valence-electron chi connectivity index (χ1n) is 12.9. The SMILES string of the molecule is CC(C)=CCCC1(C)C2C(c3ccccc3)=NC3(c4ccccn4)C1CN(C)C31CCCC21. The Morgan fingerprint density at radius 3 is 2.64 bits per heavy atom.